The van der Waals surface area contributed by atoms with E-state index >= 15 is 0 Å². The van der Waals surface area contributed by atoms with E-state index in [9.17, 15) is 13.2 Å². The molecule has 1 fully saturated rings. The number of hydrogen-bond acceptors (Lipinski definition) is 2. The van der Waals surface area contributed by atoms with Crippen LogP contribution in [0.5, 0.6) is 5.75 Å². The fourth-order valence-corrected chi connectivity index (χ4v) is 3.19. The highest BCUT2D eigenvalue weighted by Crippen LogP contribution is 2.41. The van der Waals surface area contributed by atoms with Crippen molar-refractivity contribution in [2.45, 2.75) is 24.9 Å². The quantitative estimate of drug-likeness (QED) is 0.882. The summed E-state index contributed by atoms with van der Waals surface area (Å²) < 4.78 is 43.9. The Balaban J connectivity index is 2.43. The Kier molecular flexibility index (Phi) is 4.40. The minimum absolute atomic E-state index is 0.181. The number of methoxy groups -OCH3 is 1. The standard InChI is InChI=1S/C13H15BrF3NO/c1-19-11-6-9(13(15,16)17)5-10(14)12(11)8-3-2-4-18-7-8/h5-6,8,18H,2-4,7H2,1H3. The Morgan fingerprint density at radius 3 is 2.63 bits per heavy atom. The first kappa shape index (κ1) is 14.7. The molecule has 1 aromatic rings. The van der Waals surface area contributed by atoms with Gasteiger partial charge in [0.1, 0.15) is 5.75 Å². The lowest BCUT2D eigenvalue weighted by Gasteiger charge is -2.26. The number of piperidine rings is 1. The molecule has 19 heavy (non-hydrogen) atoms. The molecule has 0 amide bonds. The highest BCUT2D eigenvalue weighted by Gasteiger charge is 2.33. The summed E-state index contributed by atoms with van der Waals surface area (Å²) in [6.07, 6.45) is -2.40. The van der Waals surface area contributed by atoms with Crippen LogP contribution in [0.1, 0.15) is 29.9 Å². The zero-order valence-corrected chi connectivity index (χ0v) is 12.1. The molecule has 1 aliphatic heterocycles. The summed E-state index contributed by atoms with van der Waals surface area (Å²) in [5, 5.41) is 3.26. The molecule has 2 rings (SSSR count). The summed E-state index contributed by atoms with van der Waals surface area (Å²) >= 11 is 3.26. The maximum Gasteiger partial charge on any atom is 0.416 e. The van der Waals surface area contributed by atoms with Gasteiger partial charge in [-0.3, -0.25) is 0 Å². The molecular formula is C13H15BrF3NO. The molecule has 0 saturated carbocycles. The number of halogens is 4. The first-order valence-corrected chi connectivity index (χ1v) is 6.88. The number of hydrogen-bond donors (Lipinski definition) is 1. The lowest BCUT2D eigenvalue weighted by molar-refractivity contribution is -0.137. The van der Waals surface area contributed by atoms with Gasteiger partial charge in [0.2, 0.25) is 0 Å². The molecule has 0 bridgehead atoms. The Labute approximate surface area is 118 Å². The third-order valence-electron chi connectivity index (χ3n) is 3.34. The minimum Gasteiger partial charge on any atom is -0.496 e. The second kappa shape index (κ2) is 5.71. The van der Waals surface area contributed by atoms with Crippen molar-refractivity contribution in [3.05, 3.63) is 27.7 Å². The van der Waals surface area contributed by atoms with Crippen molar-refractivity contribution >= 4 is 15.9 Å². The van der Waals surface area contributed by atoms with Gasteiger partial charge in [-0.05, 0) is 31.5 Å². The maximum atomic E-state index is 12.8. The van der Waals surface area contributed by atoms with Crippen LogP contribution in [0, 0.1) is 0 Å². The second-order valence-corrected chi connectivity index (χ2v) is 5.47. The van der Waals surface area contributed by atoms with E-state index in [-0.39, 0.29) is 5.92 Å². The van der Waals surface area contributed by atoms with Crippen LogP contribution in [0.3, 0.4) is 0 Å². The van der Waals surface area contributed by atoms with Gasteiger partial charge in [-0.15, -0.1) is 0 Å². The third kappa shape index (κ3) is 3.23. The van der Waals surface area contributed by atoms with Gasteiger partial charge < -0.3 is 10.1 Å². The van der Waals surface area contributed by atoms with Crippen LogP contribution < -0.4 is 10.1 Å². The molecule has 6 heteroatoms. The van der Waals surface area contributed by atoms with Gasteiger partial charge in [0.25, 0.3) is 0 Å². The molecular weight excluding hydrogens is 323 g/mol. The van der Waals surface area contributed by atoms with Crippen molar-refractivity contribution in [2.75, 3.05) is 20.2 Å². The molecule has 1 atom stereocenters. The third-order valence-corrected chi connectivity index (χ3v) is 4.00. The van der Waals surface area contributed by atoms with Crippen LogP contribution >= 0.6 is 15.9 Å². The fourth-order valence-electron chi connectivity index (χ4n) is 2.42. The summed E-state index contributed by atoms with van der Waals surface area (Å²) in [6, 6.07) is 2.21. The summed E-state index contributed by atoms with van der Waals surface area (Å²) in [4.78, 5) is 0. The number of nitrogens with one attached hydrogen (secondary N) is 1. The molecule has 0 spiro atoms. The Morgan fingerprint density at radius 1 is 1.37 bits per heavy atom. The van der Waals surface area contributed by atoms with Gasteiger partial charge in [0.15, 0.2) is 0 Å². The highest BCUT2D eigenvalue weighted by atomic mass is 79.9. The number of benzene rings is 1. The molecule has 1 unspecified atom stereocenters. The summed E-state index contributed by atoms with van der Waals surface area (Å²) in [7, 11) is 1.40. The van der Waals surface area contributed by atoms with Crippen molar-refractivity contribution in [3.8, 4) is 5.75 Å². The number of rotatable bonds is 2. The van der Waals surface area contributed by atoms with Gasteiger partial charge in [0.05, 0.1) is 12.7 Å². The second-order valence-electron chi connectivity index (χ2n) is 4.62. The maximum absolute atomic E-state index is 12.8. The van der Waals surface area contributed by atoms with E-state index in [4.69, 9.17) is 4.74 Å². The van der Waals surface area contributed by atoms with E-state index in [0.29, 0.717) is 10.2 Å². The Bertz CT molecular complexity index is 456. The van der Waals surface area contributed by atoms with E-state index in [1.54, 1.807) is 0 Å². The molecule has 0 radical (unpaired) electrons. The van der Waals surface area contributed by atoms with Crippen LogP contribution in [0.15, 0.2) is 16.6 Å². The summed E-state index contributed by atoms with van der Waals surface area (Å²) in [6.45, 7) is 1.72. The van der Waals surface area contributed by atoms with E-state index < -0.39 is 11.7 Å². The average Bonchev–Trinajstić information content (AvgIpc) is 2.37. The number of ether oxygens (including phenoxy) is 1. The molecule has 2 nitrogen and oxygen atoms in total. The van der Waals surface area contributed by atoms with Crippen LogP contribution in [0.25, 0.3) is 0 Å². The molecule has 0 aliphatic carbocycles. The van der Waals surface area contributed by atoms with Crippen molar-refractivity contribution < 1.29 is 17.9 Å². The molecule has 106 valence electrons. The van der Waals surface area contributed by atoms with Gasteiger partial charge in [-0.1, -0.05) is 15.9 Å². The van der Waals surface area contributed by atoms with Gasteiger partial charge in [-0.2, -0.15) is 13.2 Å². The fraction of sp³-hybridized carbons (Fsp3) is 0.538. The average molecular weight is 338 g/mol. The largest absolute Gasteiger partial charge is 0.496 e. The summed E-state index contributed by atoms with van der Waals surface area (Å²) in [5.74, 6) is 0.482. The molecule has 1 aliphatic rings. The van der Waals surface area contributed by atoms with Crippen molar-refractivity contribution in [1.29, 1.82) is 0 Å². The Hall–Kier alpha value is -0.750. The minimum atomic E-state index is -4.36. The van der Waals surface area contributed by atoms with E-state index in [1.807, 2.05) is 0 Å². The predicted molar refractivity (Wildman–Crippen MR) is 70.5 cm³/mol. The molecule has 1 aromatic carbocycles. The van der Waals surface area contributed by atoms with Gasteiger partial charge in [-0.25, -0.2) is 0 Å². The number of alkyl halides is 3. The van der Waals surface area contributed by atoms with Gasteiger partial charge >= 0.3 is 6.18 Å². The van der Waals surface area contributed by atoms with Crippen LogP contribution in [0.2, 0.25) is 0 Å². The smallest absolute Gasteiger partial charge is 0.416 e. The van der Waals surface area contributed by atoms with E-state index in [2.05, 4.69) is 21.2 Å². The normalized spacial score (nSPS) is 20.4. The molecule has 1 heterocycles. The van der Waals surface area contributed by atoms with E-state index in [0.717, 1.165) is 43.6 Å². The monoisotopic (exact) mass is 337 g/mol. The van der Waals surface area contributed by atoms with Gasteiger partial charge in [0, 0.05) is 22.5 Å². The van der Waals surface area contributed by atoms with E-state index in [1.165, 1.54) is 7.11 Å². The predicted octanol–water partition coefficient (Wildman–Crippen LogP) is 3.94. The topological polar surface area (TPSA) is 21.3 Å². The zero-order chi connectivity index (χ0) is 14.0. The SMILES string of the molecule is COc1cc(C(F)(F)F)cc(Br)c1C1CCCNC1. The van der Waals surface area contributed by atoms with Crippen molar-refractivity contribution in [3.63, 3.8) is 0 Å². The molecule has 1 saturated heterocycles. The van der Waals surface area contributed by atoms with Crippen LogP contribution in [-0.2, 0) is 6.18 Å². The summed E-state index contributed by atoms with van der Waals surface area (Å²) in [5.41, 5.74) is 0.131. The molecule has 0 aromatic heterocycles. The van der Waals surface area contributed by atoms with Crippen molar-refractivity contribution in [1.82, 2.24) is 5.32 Å². The zero-order valence-electron chi connectivity index (χ0n) is 10.5. The first-order valence-electron chi connectivity index (χ1n) is 6.09. The lowest BCUT2D eigenvalue weighted by Crippen LogP contribution is -2.28. The van der Waals surface area contributed by atoms with Crippen LogP contribution in [-0.4, -0.2) is 20.2 Å². The molecule has 1 N–H and O–H groups in total. The van der Waals surface area contributed by atoms with Crippen molar-refractivity contribution in [2.24, 2.45) is 0 Å². The Morgan fingerprint density at radius 2 is 2.11 bits per heavy atom. The first-order chi connectivity index (χ1) is 8.93. The van der Waals surface area contributed by atoms with Crippen LogP contribution in [0.4, 0.5) is 13.2 Å². The highest BCUT2D eigenvalue weighted by molar-refractivity contribution is 9.10. The lowest BCUT2D eigenvalue weighted by atomic mass is 9.90.